The number of ether oxygens (including phenoxy) is 1. The van der Waals surface area contributed by atoms with E-state index in [0.717, 1.165) is 11.3 Å². The fourth-order valence-corrected chi connectivity index (χ4v) is 5.21. The number of thiophene rings is 1. The standard InChI is InChI=1S/C21H22N4O4S/c1-8(2)29-13-6-9(3)11(7-25-13)21(24)10-4-5-12(22)17-14(10)15(16(23)19(21)26)18(30-17)20(27)28/h4-8,16H,22-24H2,1-3H3,(H,27,28). The predicted molar refractivity (Wildman–Crippen MR) is 115 cm³/mol. The Morgan fingerprint density at radius 2 is 2.03 bits per heavy atom. The fraction of sp³-hybridized carbons (Fsp3) is 0.286. The molecule has 2 heterocycles. The second kappa shape index (κ2) is 6.76. The number of carbonyl (C=O) groups is 2. The van der Waals surface area contributed by atoms with Gasteiger partial charge in [0.25, 0.3) is 0 Å². The number of hydrogen-bond donors (Lipinski definition) is 4. The van der Waals surface area contributed by atoms with E-state index in [1.807, 2.05) is 20.8 Å². The molecule has 2 unspecified atom stereocenters. The molecule has 0 amide bonds. The number of nitrogen functional groups attached to an aromatic ring is 1. The molecule has 156 valence electrons. The van der Waals surface area contributed by atoms with Gasteiger partial charge in [-0.25, -0.2) is 9.78 Å². The van der Waals surface area contributed by atoms with Crippen LogP contribution in [0.1, 0.15) is 51.8 Å². The zero-order valence-corrected chi connectivity index (χ0v) is 17.5. The molecule has 4 rings (SSSR count). The van der Waals surface area contributed by atoms with Crippen LogP contribution in [0.2, 0.25) is 0 Å². The van der Waals surface area contributed by atoms with Crippen LogP contribution in [0.5, 0.6) is 5.88 Å². The second-order valence-electron chi connectivity index (χ2n) is 7.71. The van der Waals surface area contributed by atoms with Crippen molar-refractivity contribution in [2.45, 2.75) is 38.5 Å². The van der Waals surface area contributed by atoms with Crippen molar-refractivity contribution in [1.82, 2.24) is 4.98 Å². The number of aryl methyl sites for hydroxylation is 1. The van der Waals surface area contributed by atoms with Gasteiger partial charge in [0.05, 0.1) is 16.8 Å². The van der Waals surface area contributed by atoms with Crippen molar-refractivity contribution in [2.24, 2.45) is 11.5 Å². The summed E-state index contributed by atoms with van der Waals surface area (Å²) in [6.07, 6.45) is 1.47. The van der Waals surface area contributed by atoms with Crippen LogP contribution in [0.15, 0.2) is 24.4 Å². The van der Waals surface area contributed by atoms with Crippen molar-refractivity contribution in [2.75, 3.05) is 5.73 Å². The predicted octanol–water partition coefficient (Wildman–Crippen LogP) is 2.46. The van der Waals surface area contributed by atoms with E-state index in [0.29, 0.717) is 38.3 Å². The minimum absolute atomic E-state index is 0.00239. The maximum atomic E-state index is 13.5. The Morgan fingerprint density at radius 1 is 1.33 bits per heavy atom. The average molecular weight is 426 g/mol. The molecule has 0 spiro atoms. The Labute approximate surface area is 176 Å². The molecule has 8 nitrogen and oxygen atoms in total. The summed E-state index contributed by atoms with van der Waals surface area (Å²) in [7, 11) is 0. The Morgan fingerprint density at radius 3 is 2.63 bits per heavy atom. The lowest BCUT2D eigenvalue weighted by atomic mass is 9.70. The third-order valence-electron chi connectivity index (χ3n) is 5.37. The highest BCUT2D eigenvalue weighted by Gasteiger charge is 2.49. The first-order chi connectivity index (χ1) is 14.1. The van der Waals surface area contributed by atoms with Crippen LogP contribution in [0.25, 0.3) is 10.1 Å². The maximum Gasteiger partial charge on any atom is 0.346 e. The highest BCUT2D eigenvalue weighted by atomic mass is 32.1. The summed E-state index contributed by atoms with van der Waals surface area (Å²) in [5, 5.41) is 10.2. The van der Waals surface area contributed by atoms with E-state index in [-0.39, 0.29) is 16.5 Å². The molecule has 0 aliphatic heterocycles. The lowest BCUT2D eigenvalue weighted by Crippen LogP contribution is -2.53. The summed E-state index contributed by atoms with van der Waals surface area (Å²) in [5.41, 5.74) is 19.9. The van der Waals surface area contributed by atoms with Crippen LogP contribution in [0.3, 0.4) is 0 Å². The van der Waals surface area contributed by atoms with E-state index in [1.54, 1.807) is 18.2 Å². The number of benzene rings is 1. The van der Waals surface area contributed by atoms with Gasteiger partial charge in [0.2, 0.25) is 5.88 Å². The number of ketones is 1. The number of carboxylic acid groups (broad SMARTS) is 1. The molecule has 3 aromatic rings. The summed E-state index contributed by atoms with van der Waals surface area (Å²) >= 11 is 1.00. The van der Waals surface area contributed by atoms with Gasteiger partial charge in [-0.15, -0.1) is 11.3 Å². The first-order valence-corrected chi connectivity index (χ1v) is 10.2. The first kappa shape index (κ1) is 20.3. The van der Waals surface area contributed by atoms with Gasteiger partial charge in [-0.2, -0.15) is 0 Å². The van der Waals surface area contributed by atoms with Gasteiger partial charge in [-0.05, 0) is 38.0 Å². The van der Waals surface area contributed by atoms with Crippen LogP contribution < -0.4 is 21.9 Å². The Balaban J connectivity index is 2.02. The average Bonchev–Trinajstić information content (AvgIpc) is 3.07. The molecule has 1 aliphatic rings. The number of aromatic nitrogens is 1. The molecule has 0 fully saturated rings. The lowest BCUT2D eigenvalue weighted by Gasteiger charge is -2.37. The highest BCUT2D eigenvalue weighted by molar-refractivity contribution is 7.21. The molecule has 2 atom stereocenters. The van der Waals surface area contributed by atoms with E-state index in [4.69, 9.17) is 21.9 Å². The number of rotatable bonds is 4. The lowest BCUT2D eigenvalue weighted by molar-refractivity contribution is -0.124. The van der Waals surface area contributed by atoms with E-state index in [2.05, 4.69) is 4.98 Å². The first-order valence-electron chi connectivity index (χ1n) is 9.38. The number of anilines is 1. The smallest absolute Gasteiger partial charge is 0.346 e. The number of aromatic carboxylic acids is 1. The van der Waals surface area contributed by atoms with Crippen LogP contribution in [-0.2, 0) is 10.3 Å². The van der Waals surface area contributed by atoms with Crippen LogP contribution in [0.4, 0.5) is 5.69 Å². The van der Waals surface area contributed by atoms with E-state index >= 15 is 0 Å². The number of carbonyl (C=O) groups excluding carboxylic acids is 1. The third-order valence-corrected chi connectivity index (χ3v) is 6.62. The van der Waals surface area contributed by atoms with Gasteiger partial charge in [0.1, 0.15) is 10.4 Å². The summed E-state index contributed by atoms with van der Waals surface area (Å²) < 4.78 is 6.19. The number of nitrogens with two attached hydrogens (primary N) is 3. The van der Waals surface area contributed by atoms with Crippen LogP contribution >= 0.6 is 11.3 Å². The highest BCUT2D eigenvalue weighted by Crippen LogP contribution is 2.49. The second-order valence-corrected chi connectivity index (χ2v) is 8.73. The van der Waals surface area contributed by atoms with Crippen molar-refractivity contribution in [3.05, 3.63) is 51.5 Å². The third kappa shape index (κ3) is 2.70. The minimum Gasteiger partial charge on any atom is -0.477 e. The van der Waals surface area contributed by atoms with Crippen molar-refractivity contribution in [3.8, 4) is 5.88 Å². The van der Waals surface area contributed by atoms with Gasteiger partial charge in [-0.3, -0.25) is 4.79 Å². The van der Waals surface area contributed by atoms with E-state index in [9.17, 15) is 14.7 Å². The Bertz CT molecular complexity index is 1220. The normalized spacial score (nSPS) is 20.7. The summed E-state index contributed by atoms with van der Waals surface area (Å²) in [6, 6.07) is 3.83. The molecule has 9 heteroatoms. The number of nitrogens with zero attached hydrogens (tertiary/aromatic N) is 1. The Hall–Kier alpha value is -3.01. The molecule has 30 heavy (non-hydrogen) atoms. The quantitative estimate of drug-likeness (QED) is 0.464. The van der Waals surface area contributed by atoms with Crippen molar-refractivity contribution in [3.63, 3.8) is 0 Å². The summed E-state index contributed by atoms with van der Waals surface area (Å²) in [5.74, 6) is -1.23. The monoisotopic (exact) mass is 426 g/mol. The van der Waals surface area contributed by atoms with Gasteiger partial charge in [0, 0.05) is 34.5 Å². The van der Waals surface area contributed by atoms with Crippen molar-refractivity contribution < 1.29 is 19.4 Å². The summed E-state index contributed by atoms with van der Waals surface area (Å²) in [6.45, 7) is 5.60. The van der Waals surface area contributed by atoms with Gasteiger partial charge >= 0.3 is 5.97 Å². The summed E-state index contributed by atoms with van der Waals surface area (Å²) in [4.78, 5) is 29.6. The minimum atomic E-state index is -1.59. The fourth-order valence-electron chi connectivity index (χ4n) is 4.07. The molecular weight excluding hydrogens is 404 g/mol. The number of carboxylic acids is 1. The van der Waals surface area contributed by atoms with Gasteiger partial charge < -0.3 is 27.0 Å². The van der Waals surface area contributed by atoms with E-state index in [1.165, 1.54) is 6.20 Å². The molecule has 0 saturated heterocycles. The number of pyridine rings is 1. The van der Waals surface area contributed by atoms with Crippen LogP contribution in [-0.4, -0.2) is 27.9 Å². The molecule has 0 bridgehead atoms. The largest absolute Gasteiger partial charge is 0.477 e. The molecule has 1 aliphatic carbocycles. The number of hydrogen-bond acceptors (Lipinski definition) is 8. The maximum absolute atomic E-state index is 13.5. The molecule has 2 aromatic heterocycles. The zero-order chi connectivity index (χ0) is 22.0. The SMILES string of the molecule is Cc1cc(OC(C)C)ncc1C1(N)C(=O)C(N)c2c(C(=O)O)sc3c(N)ccc1c23. The van der Waals surface area contributed by atoms with Gasteiger partial charge in [0.15, 0.2) is 5.78 Å². The molecule has 7 N–H and O–H groups in total. The van der Waals surface area contributed by atoms with E-state index < -0.39 is 23.3 Å². The number of Topliss-reactive ketones (excluding diaryl/α,β-unsaturated/α-hetero) is 1. The molecule has 0 saturated carbocycles. The molecule has 1 aromatic carbocycles. The molecule has 0 radical (unpaired) electrons. The topological polar surface area (TPSA) is 155 Å². The van der Waals surface area contributed by atoms with Gasteiger partial charge in [-0.1, -0.05) is 6.07 Å². The van der Waals surface area contributed by atoms with Crippen molar-refractivity contribution >= 4 is 38.9 Å². The molecular formula is C21H22N4O4S. The van der Waals surface area contributed by atoms with Crippen molar-refractivity contribution in [1.29, 1.82) is 0 Å². The van der Waals surface area contributed by atoms with Crippen LogP contribution in [0, 0.1) is 6.92 Å². The zero-order valence-electron chi connectivity index (χ0n) is 16.7. The Kier molecular flexibility index (Phi) is 4.57.